The third kappa shape index (κ3) is 2.06. The van der Waals surface area contributed by atoms with E-state index >= 15 is 0 Å². The van der Waals surface area contributed by atoms with Crippen molar-refractivity contribution in [3.8, 4) is 0 Å². The molecule has 1 fully saturated rings. The number of hydrogen-bond acceptors (Lipinski definition) is 3. The van der Waals surface area contributed by atoms with E-state index in [0.29, 0.717) is 0 Å². The van der Waals surface area contributed by atoms with Gasteiger partial charge in [-0.3, -0.25) is 4.98 Å². The molecule has 3 heteroatoms. The Hall–Kier alpha value is -1.61. The lowest BCUT2D eigenvalue weighted by molar-refractivity contribution is 0.145. The molecule has 94 valence electrons. The Morgan fingerprint density at radius 3 is 2.78 bits per heavy atom. The Kier molecular flexibility index (Phi) is 2.92. The smallest absolute Gasteiger partial charge is 0.0722 e. The average molecular weight is 242 g/mol. The van der Waals surface area contributed by atoms with Gasteiger partial charge in [0, 0.05) is 30.4 Å². The van der Waals surface area contributed by atoms with Gasteiger partial charge in [-0.1, -0.05) is 11.6 Å². The van der Waals surface area contributed by atoms with Crippen LogP contribution >= 0.6 is 0 Å². The number of hydrogen-bond donors (Lipinski definition) is 1. The van der Waals surface area contributed by atoms with Crippen LogP contribution in [0.3, 0.4) is 0 Å². The number of aliphatic hydroxyl groups is 1. The lowest BCUT2D eigenvalue weighted by Gasteiger charge is -2.32. The summed E-state index contributed by atoms with van der Waals surface area (Å²) in [6, 6.07) is 8.45. The predicted molar refractivity (Wildman–Crippen MR) is 73.9 cm³/mol. The SMILES string of the molecule is Cc1ccc2nccc(N3CCC(O)CC3)c2c1. The Balaban J connectivity index is 2.03. The van der Waals surface area contributed by atoms with Gasteiger partial charge in [-0.15, -0.1) is 0 Å². The van der Waals surface area contributed by atoms with Crippen LogP contribution in [0.25, 0.3) is 10.9 Å². The van der Waals surface area contributed by atoms with Gasteiger partial charge in [-0.05, 0) is 38.0 Å². The summed E-state index contributed by atoms with van der Waals surface area (Å²) >= 11 is 0. The monoisotopic (exact) mass is 242 g/mol. The number of piperidine rings is 1. The standard InChI is InChI=1S/C15H18N2O/c1-11-2-3-14-13(10-11)15(4-7-16-14)17-8-5-12(18)6-9-17/h2-4,7,10,12,18H,5-6,8-9H2,1H3. The highest BCUT2D eigenvalue weighted by Gasteiger charge is 2.18. The predicted octanol–water partition coefficient (Wildman–Crippen LogP) is 2.50. The summed E-state index contributed by atoms with van der Waals surface area (Å²) in [5, 5.41) is 10.8. The zero-order chi connectivity index (χ0) is 12.5. The summed E-state index contributed by atoms with van der Waals surface area (Å²) in [7, 11) is 0. The van der Waals surface area contributed by atoms with Gasteiger partial charge in [-0.2, -0.15) is 0 Å². The summed E-state index contributed by atoms with van der Waals surface area (Å²) < 4.78 is 0. The molecule has 2 aromatic rings. The van der Waals surface area contributed by atoms with Gasteiger partial charge >= 0.3 is 0 Å². The third-order valence-electron chi connectivity index (χ3n) is 3.68. The Bertz CT molecular complexity index is 559. The fraction of sp³-hybridized carbons (Fsp3) is 0.400. The molecule has 18 heavy (non-hydrogen) atoms. The molecule has 0 atom stereocenters. The molecule has 0 saturated carbocycles. The number of rotatable bonds is 1. The van der Waals surface area contributed by atoms with Gasteiger partial charge in [0.05, 0.1) is 11.6 Å². The normalized spacial score (nSPS) is 17.3. The Morgan fingerprint density at radius 1 is 1.22 bits per heavy atom. The van der Waals surface area contributed by atoms with Gasteiger partial charge < -0.3 is 10.0 Å². The maximum absolute atomic E-state index is 9.59. The molecule has 1 aromatic carbocycles. The highest BCUT2D eigenvalue weighted by molar-refractivity contribution is 5.92. The molecule has 0 spiro atoms. The van der Waals surface area contributed by atoms with Crippen molar-refractivity contribution in [1.29, 1.82) is 0 Å². The number of pyridine rings is 1. The van der Waals surface area contributed by atoms with Gasteiger partial charge in [0.1, 0.15) is 0 Å². The molecule has 3 rings (SSSR count). The summed E-state index contributed by atoms with van der Waals surface area (Å²) in [6.45, 7) is 3.96. The third-order valence-corrected chi connectivity index (χ3v) is 3.68. The number of aliphatic hydroxyl groups excluding tert-OH is 1. The van der Waals surface area contributed by atoms with E-state index in [4.69, 9.17) is 0 Å². The molecular weight excluding hydrogens is 224 g/mol. The molecule has 0 unspecified atom stereocenters. The summed E-state index contributed by atoms with van der Waals surface area (Å²) in [6.07, 6.45) is 3.46. The lowest BCUT2D eigenvalue weighted by atomic mass is 10.0. The number of anilines is 1. The van der Waals surface area contributed by atoms with Crippen LogP contribution in [0.15, 0.2) is 30.5 Å². The molecule has 0 radical (unpaired) electrons. The zero-order valence-electron chi connectivity index (χ0n) is 10.6. The average Bonchev–Trinajstić information content (AvgIpc) is 2.39. The first-order valence-corrected chi connectivity index (χ1v) is 6.52. The second-order valence-corrected chi connectivity index (χ2v) is 5.07. The van der Waals surface area contributed by atoms with E-state index in [9.17, 15) is 5.11 Å². The van der Waals surface area contributed by atoms with E-state index in [1.54, 1.807) is 0 Å². The zero-order valence-corrected chi connectivity index (χ0v) is 10.6. The van der Waals surface area contributed by atoms with Crippen LogP contribution in [0, 0.1) is 6.92 Å². The summed E-state index contributed by atoms with van der Waals surface area (Å²) in [5.74, 6) is 0. The Morgan fingerprint density at radius 2 is 2.00 bits per heavy atom. The van der Waals surface area contributed by atoms with E-state index < -0.39 is 0 Å². The quantitative estimate of drug-likeness (QED) is 0.834. The van der Waals surface area contributed by atoms with Crippen LogP contribution in [0.5, 0.6) is 0 Å². The molecule has 1 N–H and O–H groups in total. The van der Waals surface area contributed by atoms with Crippen molar-refractivity contribution < 1.29 is 5.11 Å². The first-order chi connectivity index (χ1) is 8.74. The molecule has 1 saturated heterocycles. The summed E-state index contributed by atoms with van der Waals surface area (Å²) in [4.78, 5) is 6.77. The van der Waals surface area contributed by atoms with Gasteiger partial charge in [0.2, 0.25) is 0 Å². The molecule has 0 amide bonds. The molecule has 3 nitrogen and oxygen atoms in total. The first kappa shape index (κ1) is 11.5. The second-order valence-electron chi connectivity index (χ2n) is 5.07. The van der Waals surface area contributed by atoms with Crippen LogP contribution in [-0.4, -0.2) is 29.3 Å². The van der Waals surface area contributed by atoms with E-state index in [-0.39, 0.29) is 6.10 Å². The van der Waals surface area contributed by atoms with Crippen LogP contribution in [0.4, 0.5) is 5.69 Å². The van der Waals surface area contributed by atoms with Crippen molar-refractivity contribution in [2.45, 2.75) is 25.9 Å². The number of benzene rings is 1. The minimum atomic E-state index is -0.129. The van der Waals surface area contributed by atoms with Crippen LogP contribution in [0.2, 0.25) is 0 Å². The second kappa shape index (κ2) is 4.58. The molecule has 1 aromatic heterocycles. The number of nitrogens with zero attached hydrogens (tertiary/aromatic N) is 2. The van der Waals surface area contributed by atoms with Crippen molar-refractivity contribution in [3.05, 3.63) is 36.0 Å². The maximum Gasteiger partial charge on any atom is 0.0722 e. The minimum Gasteiger partial charge on any atom is -0.393 e. The largest absolute Gasteiger partial charge is 0.393 e. The minimum absolute atomic E-state index is 0.129. The van der Waals surface area contributed by atoms with Crippen molar-refractivity contribution in [1.82, 2.24) is 4.98 Å². The molecule has 0 aliphatic carbocycles. The van der Waals surface area contributed by atoms with E-state index in [1.807, 2.05) is 6.20 Å². The molecule has 2 heterocycles. The molecule has 1 aliphatic heterocycles. The topological polar surface area (TPSA) is 36.4 Å². The summed E-state index contributed by atoms with van der Waals surface area (Å²) in [5.41, 5.74) is 3.55. The Labute approximate surface area is 107 Å². The fourth-order valence-corrected chi connectivity index (χ4v) is 2.63. The van der Waals surface area contributed by atoms with Crippen LogP contribution < -0.4 is 4.90 Å². The van der Waals surface area contributed by atoms with Crippen molar-refractivity contribution in [2.75, 3.05) is 18.0 Å². The lowest BCUT2D eigenvalue weighted by Crippen LogP contribution is -2.35. The molecule has 0 bridgehead atoms. The van der Waals surface area contributed by atoms with Gasteiger partial charge in [0.25, 0.3) is 0 Å². The van der Waals surface area contributed by atoms with E-state index in [2.05, 4.69) is 41.1 Å². The van der Waals surface area contributed by atoms with E-state index in [0.717, 1.165) is 31.4 Å². The van der Waals surface area contributed by atoms with Crippen molar-refractivity contribution in [3.63, 3.8) is 0 Å². The van der Waals surface area contributed by atoms with Gasteiger partial charge in [-0.25, -0.2) is 0 Å². The van der Waals surface area contributed by atoms with E-state index in [1.165, 1.54) is 16.6 Å². The number of aryl methyl sites for hydroxylation is 1. The maximum atomic E-state index is 9.59. The van der Waals surface area contributed by atoms with Crippen LogP contribution in [-0.2, 0) is 0 Å². The molecule has 1 aliphatic rings. The van der Waals surface area contributed by atoms with Crippen molar-refractivity contribution >= 4 is 16.6 Å². The van der Waals surface area contributed by atoms with Gasteiger partial charge in [0.15, 0.2) is 0 Å². The highest BCUT2D eigenvalue weighted by atomic mass is 16.3. The highest BCUT2D eigenvalue weighted by Crippen LogP contribution is 2.28. The fourth-order valence-electron chi connectivity index (χ4n) is 2.63. The molecular formula is C15H18N2O. The number of aromatic nitrogens is 1. The number of fused-ring (bicyclic) bond motifs is 1. The van der Waals surface area contributed by atoms with Crippen LogP contribution in [0.1, 0.15) is 18.4 Å². The van der Waals surface area contributed by atoms with Crippen molar-refractivity contribution in [2.24, 2.45) is 0 Å². The first-order valence-electron chi connectivity index (χ1n) is 6.52.